The summed E-state index contributed by atoms with van der Waals surface area (Å²) in [5, 5.41) is 0.914. The lowest BCUT2D eigenvalue weighted by Crippen LogP contribution is -2.44. The van der Waals surface area contributed by atoms with Crippen molar-refractivity contribution in [2.45, 2.75) is 37.6 Å². The van der Waals surface area contributed by atoms with Crippen LogP contribution in [0.3, 0.4) is 0 Å². The molecule has 0 spiro atoms. The summed E-state index contributed by atoms with van der Waals surface area (Å²) in [7, 11) is 0. The highest BCUT2D eigenvalue weighted by Crippen LogP contribution is 2.35. The summed E-state index contributed by atoms with van der Waals surface area (Å²) >= 11 is 0. The molecule has 29 heavy (non-hydrogen) atoms. The molecule has 3 heterocycles. The average molecular weight is 390 g/mol. The van der Waals surface area contributed by atoms with Gasteiger partial charge in [0, 0.05) is 48.4 Å². The molecule has 1 saturated heterocycles. The zero-order chi connectivity index (χ0) is 19.6. The van der Waals surface area contributed by atoms with Gasteiger partial charge in [0.05, 0.1) is 18.7 Å². The Morgan fingerprint density at radius 3 is 2.55 bits per heavy atom. The topological polar surface area (TPSA) is 77.2 Å². The van der Waals surface area contributed by atoms with E-state index in [4.69, 9.17) is 20.4 Å². The second-order valence-corrected chi connectivity index (χ2v) is 8.09. The standard InChI is InChI=1S/C23H27N5O/c24-22-20-14-17(18-2-1-9-25-15-18)5-8-21(20)26-23(27-22)16-3-6-19(7-4-16)28-10-12-29-13-11-28/h1-2,5,8-9,14-16,19H,3-4,6-7,10-13H2,(H2,24,26,27). The van der Waals surface area contributed by atoms with Gasteiger partial charge in [-0.3, -0.25) is 9.88 Å². The Morgan fingerprint density at radius 1 is 0.966 bits per heavy atom. The van der Waals surface area contributed by atoms with Gasteiger partial charge in [-0.2, -0.15) is 0 Å². The van der Waals surface area contributed by atoms with E-state index in [1.165, 1.54) is 12.8 Å². The van der Waals surface area contributed by atoms with Crippen LogP contribution in [0.2, 0.25) is 0 Å². The molecule has 2 aromatic heterocycles. The van der Waals surface area contributed by atoms with E-state index in [0.29, 0.717) is 17.8 Å². The average Bonchev–Trinajstić information content (AvgIpc) is 2.80. The van der Waals surface area contributed by atoms with E-state index in [2.05, 4.69) is 28.1 Å². The highest BCUT2D eigenvalue weighted by atomic mass is 16.5. The molecule has 3 aromatic rings. The van der Waals surface area contributed by atoms with E-state index in [0.717, 1.165) is 67.0 Å². The molecule has 0 amide bonds. The number of benzene rings is 1. The first-order valence-electron chi connectivity index (χ1n) is 10.6. The van der Waals surface area contributed by atoms with Gasteiger partial charge in [-0.05, 0) is 49.4 Å². The zero-order valence-electron chi connectivity index (χ0n) is 16.6. The van der Waals surface area contributed by atoms with Gasteiger partial charge in [0.2, 0.25) is 0 Å². The molecule has 1 aromatic carbocycles. The highest BCUT2D eigenvalue weighted by molar-refractivity contribution is 5.91. The van der Waals surface area contributed by atoms with Crippen molar-refractivity contribution in [1.82, 2.24) is 19.9 Å². The summed E-state index contributed by atoms with van der Waals surface area (Å²) in [6.45, 7) is 3.86. The summed E-state index contributed by atoms with van der Waals surface area (Å²) in [6, 6.07) is 10.9. The van der Waals surface area contributed by atoms with Crippen molar-refractivity contribution in [3.63, 3.8) is 0 Å². The van der Waals surface area contributed by atoms with E-state index < -0.39 is 0 Å². The van der Waals surface area contributed by atoms with Crippen molar-refractivity contribution in [2.24, 2.45) is 0 Å². The minimum atomic E-state index is 0.400. The Morgan fingerprint density at radius 2 is 1.79 bits per heavy atom. The predicted molar refractivity (Wildman–Crippen MR) is 115 cm³/mol. The van der Waals surface area contributed by atoms with Crippen LogP contribution in [0, 0.1) is 0 Å². The lowest BCUT2D eigenvalue weighted by Gasteiger charge is -2.38. The third-order valence-electron chi connectivity index (χ3n) is 6.36. The van der Waals surface area contributed by atoms with Crippen molar-refractivity contribution in [2.75, 3.05) is 32.0 Å². The largest absolute Gasteiger partial charge is 0.383 e. The van der Waals surface area contributed by atoms with Gasteiger partial charge in [0.25, 0.3) is 0 Å². The number of nitrogen functional groups attached to an aromatic ring is 1. The first-order valence-corrected chi connectivity index (χ1v) is 10.6. The van der Waals surface area contributed by atoms with Crippen LogP contribution in [0.15, 0.2) is 42.7 Å². The van der Waals surface area contributed by atoms with E-state index in [1.54, 1.807) is 6.20 Å². The van der Waals surface area contributed by atoms with Gasteiger partial charge in [-0.15, -0.1) is 0 Å². The van der Waals surface area contributed by atoms with Crippen LogP contribution in [0.1, 0.15) is 37.4 Å². The number of rotatable bonds is 3. The monoisotopic (exact) mass is 389 g/mol. The van der Waals surface area contributed by atoms with Crippen molar-refractivity contribution in [3.05, 3.63) is 48.5 Å². The second-order valence-electron chi connectivity index (χ2n) is 8.09. The molecule has 150 valence electrons. The summed E-state index contributed by atoms with van der Waals surface area (Å²) in [4.78, 5) is 16.4. The van der Waals surface area contributed by atoms with Gasteiger partial charge < -0.3 is 10.5 Å². The number of ether oxygens (including phenoxy) is 1. The van der Waals surface area contributed by atoms with Crippen LogP contribution in [0.25, 0.3) is 22.0 Å². The Hall–Kier alpha value is -2.57. The number of aromatic nitrogens is 3. The number of nitrogens with zero attached hydrogens (tertiary/aromatic N) is 4. The molecule has 2 aliphatic rings. The minimum absolute atomic E-state index is 0.400. The van der Waals surface area contributed by atoms with E-state index in [9.17, 15) is 0 Å². The van der Waals surface area contributed by atoms with Crippen molar-refractivity contribution >= 4 is 16.7 Å². The Bertz CT molecular complexity index is 979. The van der Waals surface area contributed by atoms with Gasteiger partial charge in [0.1, 0.15) is 11.6 Å². The fraction of sp³-hybridized carbons (Fsp3) is 0.435. The molecule has 0 atom stereocenters. The van der Waals surface area contributed by atoms with Gasteiger partial charge in [-0.1, -0.05) is 12.1 Å². The van der Waals surface area contributed by atoms with Crippen LogP contribution in [0.5, 0.6) is 0 Å². The molecule has 0 unspecified atom stereocenters. The molecule has 5 rings (SSSR count). The number of hydrogen-bond acceptors (Lipinski definition) is 6. The lowest BCUT2D eigenvalue weighted by molar-refractivity contribution is 0.00712. The molecule has 2 N–H and O–H groups in total. The molecule has 2 fully saturated rings. The predicted octanol–water partition coefficient (Wildman–Crippen LogP) is 3.63. The number of fused-ring (bicyclic) bond motifs is 1. The number of nitrogens with two attached hydrogens (primary N) is 1. The fourth-order valence-electron chi connectivity index (χ4n) is 4.71. The number of anilines is 1. The minimum Gasteiger partial charge on any atom is -0.383 e. The van der Waals surface area contributed by atoms with Gasteiger partial charge in [-0.25, -0.2) is 9.97 Å². The zero-order valence-corrected chi connectivity index (χ0v) is 16.6. The van der Waals surface area contributed by atoms with Crippen molar-refractivity contribution < 1.29 is 4.74 Å². The van der Waals surface area contributed by atoms with E-state index in [-0.39, 0.29) is 0 Å². The summed E-state index contributed by atoms with van der Waals surface area (Å²) in [5.41, 5.74) is 9.44. The van der Waals surface area contributed by atoms with Crippen LogP contribution in [-0.4, -0.2) is 52.2 Å². The van der Waals surface area contributed by atoms with Crippen LogP contribution >= 0.6 is 0 Å². The van der Waals surface area contributed by atoms with Crippen molar-refractivity contribution in [1.29, 1.82) is 0 Å². The molecule has 1 saturated carbocycles. The summed E-state index contributed by atoms with van der Waals surface area (Å²) in [6.07, 6.45) is 8.29. The third kappa shape index (κ3) is 3.82. The summed E-state index contributed by atoms with van der Waals surface area (Å²) < 4.78 is 5.49. The summed E-state index contributed by atoms with van der Waals surface area (Å²) in [5.74, 6) is 1.88. The Balaban J connectivity index is 1.35. The lowest BCUT2D eigenvalue weighted by atomic mass is 9.84. The van der Waals surface area contributed by atoms with Crippen molar-refractivity contribution in [3.8, 4) is 11.1 Å². The molecule has 1 aliphatic carbocycles. The molecule has 6 heteroatoms. The smallest absolute Gasteiger partial charge is 0.135 e. The Kier molecular flexibility index (Phi) is 5.12. The number of morpholine rings is 1. The van der Waals surface area contributed by atoms with Gasteiger partial charge >= 0.3 is 0 Å². The van der Waals surface area contributed by atoms with Gasteiger partial charge in [0.15, 0.2) is 0 Å². The molecular formula is C23H27N5O. The molecular weight excluding hydrogens is 362 g/mol. The van der Waals surface area contributed by atoms with Crippen LogP contribution in [-0.2, 0) is 4.74 Å². The maximum Gasteiger partial charge on any atom is 0.135 e. The molecule has 0 radical (unpaired) electrons. The molecule has 0 bridgehead atoms. The number of hydrogen-bond donors (Lipinski definition) is 1. The maximum atomic E-state index is 6.37. The first kappa shape index (κ1) is 18.5. The van der Waals surface area contributed by atoms with E-state index in [1.807, 2.05) is 18.3 Å². The SMILES string of the molecule is Nc1nc(C2CCC(N3CCOCC3)CC2)nc2ccc(-c3cccnc3)cc12. The normalized spacial score (nSPS) is 23.3. The second kappa shape index (κ2) is 8.05. The van der Waals surface area contributed by atoms with Crippen LogP contribution in [0.4, 0.5) is 5.82 Å². The third-order valence-corrected chi connectivity index (χ3v) is 6.36. The quantitative estimate of drug-likeness (QED) is 0.737. The molecule has 1 aliphatic heterocycles. The fourth-order valence-corrected chi connectivity index (χ4v) is 4.71. The Labute approximate surface area is 171 Å². The highest BCUT2D eigenvalue weighted by Gasteiger charge is 2.29. The number of pyridine rings is 1. The maximum absolute atomic E-state index is 6.37. The van der Waals surface area contributed by atoms with Crippen LogP contribution < -0.4 is 5.73 Å². The van der Waals surface area contributed by atoms with E-state index >= 15 is 0 Å². The molecule has 6 nitrogen and oxygen atoms in total. The first-order chi connectivity index (χ1) is 14.3.